The highest BCUT2D eigenvalue weighted by molar-refractivity contribution is 9.10. The molecule has 2 aromatic carbocycles. The molecule has 5 heteroatoms. The molecule has 0 aliphatic heterocycles. The second-order valence-corrected chi connectivity index (χ2v) is 5.16. The van der Waals surface area contributed by atoms with E-state index in [1.165, 1.54) is 0 Å². The monoisotopic (exact) mass is 329 g/mol. The molecule has 100 valence electrons. The summed E-state index contributed by atoms with van der Waals surface area (Å²) in [6, 6.07) is 15.8. The van der Waals surface area contributed by atoms with Crippen LogP contribution >= 0.6 is 15.9 Å². The minimum atomic E-state index is 0.791. The number of hydrogen-bond donors (Lipinski definition) is 0. The molecule has 0 N–H and O–H groups in total. The zero-order chi connectivity index (χ0) is 13.9. The molecular weight excluding hydrogens is 318 g/mol. The summed E-state index contributed by atoms with van der Waals surface area (Å²) >= 11 is 3.44. The van der Waals surface area contributed by atoms with E-state index in [0.29, 0.717) is 0 Å². The van der Waals surface area contributed by atoms with Crippen LogP contribution in [-0.4, -0.2) is 22.1 Å². The number of ether oxygens (including phenoxy) is 1. The van der Waals surface area contributed by atoms with Crippen molar-refractivity contribution in [2.45, 2.75) is 0 Å². The molecule has 0 atom stereocenters. The van der Waals surface area contributed by atoms with Crippen LogP contribution in [0.25, 0.3) is 16.9 Å². The van der Waals surface area contributed by atoms with Gasteiger partial charge >= 0.3 is 0 Å². The van der Waals surface area contributed by atoms with E-state index in [2.05, 4.69) is 26.2 Å². The first kappa shape index (κ1) is 12.9. The molecule has 3 aromatic rings. The van der Waals surface area contributed by atoms with Gasteiger partial charge in [-0.3, -0.25) is 0 Å². The maximum Gasteiger partial charge on any atom is 0.121 e. The van der Waals surface area contributed by atoms with Gasteiger partial charge in [0.05, 0.1) is 24.7 Å². The van der Waals surface area contributed by atoms with E-state index in [-0.39, 0.29) is 0 Å². The number of nitrogens with zero attached hydrogens (tertiary/aromatic N) is 3. The van der Waals surface area contributed by atoms with Gasteiger partial charge in [-0.05, 0) is 24.3 Å². The fourth-order valence-electron chi connectivity index (χ4n) is 1.99. The van der Waals surface area contributed by atoms with E-state index in [0.717, 1.165) is 27.2 Å². The summed E-state index contributed by atoms with van der Waals surface area (Å²) in [6.07, 6.45) is 1.75. The fraction of sp³-hybridized carbons (Fsp3) is 0.0667. The van der Waals surface area contributed by atoms with E-state index in [9.17, 15) is 0 Å². The standard InChI is InChI=1S/C15H12BrN3O/c1-20-14-4-2-3-13(9-14)19-15(10-17-18-19)11-5-7-12(16)8-6-11/h2-10H,1H3. The van der Waals surface area contributed by atoms with Crippen LogP contribution in [0.5, 0.6) is 5.75 Å². The maximum absolute atomic E-state index is 5.25. The zero-order valence-corrected chi connectivity index (χ0v) is 12.4. The first-order valence-electron chi connectivity index (χ1n) is 6.09. The van der Waals surface area contributed by atoms with Crippen molar-refractivity contribution in [1.82, 2.24) is 15.0 Å². The minimum absolute atomic E-state index is 0.791. The van der Waals surface area contributed by atoms with Crippen LogP contribution in [0.15, 0.2) is 59.2 Å². The van der Waals surface area contributed by atoms with Crippen LogP contribution in [0.4, 0.5) is 0 Å². The molecule has 0 unspecified atom stereocenters. The van der Waals surface area contributed by atoms with Crippen LogP contribution in [0.1, 0.15) is 0 Å². The quantitative estimate of drug-likeness (QED) is 0.735. The second kappa shape index (κ2) is 5.46. The van der Waals surface area contributed by atoms with Gasteiger partial charge in [0.1, 0.15) is 5.75 Å². The molecule has 0 spiro atoms. The van der Waals surface area contributed by atoms with E-state index >= 15 is 0 Å². The molecule has 0 amide bonds. The first-order valence-corrected chi connectivity index (χ1v) is 6.88. The summed E-state index contributed by atoms with van der Waals surface area (Å²) in [7, 11) is 1.65. The predicted molar refractivity (Wildman–Crippen MR) is 81.0 cm³/mol. The maximum atomic E-state index is 5.25. The van der Waals surface area contributed by atoms with Crippen LogP contribution in [0.3, 0.4) is 0 Å². The summed E-state index contributed by atoms with van der Waals surface area (Å²) in [4.78, 5) is 0. The van der Waals surface area contributed by atoms with Crippen molar-refractivity contribution >= 4 is 15.9 Å². The highest BCUT2D eigenvalue weighted by Crippen LogP contribution is 2.24. The molecular formula is C15H12BrN3O. The molecule has 0 radical (unpaired) electrons. The Morgan fingerprint density at radius 3 is 2.65 bits per heavy atom. The third-order valence-electron chi connectivity index (χ3n) is 2.99. The Kier molecular flexibility index (Phi) is 3.52. The smallest absolute Gasteiger partial charge is 0.121 e. The number of halogens is 1. The van der Waals surface area contributed by atoms with Crippen molar-refractivity contribution in [2.75, 3.05) is 7.11 Å². The number of hydrogen-bond acceptors (Lipinski definition) is 3. The average Bonchev–Trinajstić information content (AvgIpc) is 2.97. The van der Waals surface area contributed by atoms with Crippen molar-refractivity contribution < 1.29 is 4.74 Å². The second-order valence-electron chi connectivity index (χ2n) is 4.24. The van der Waals surface area contributed by atoms with E-state index in [1.54, 1.807) is 18.0 Å². The third-order valence-corrected chi connectivity index (χ3v) is 3.52. The molecule has 20 heavy (non-hydrogen) atoms. The van der Waals surface area contributed by atoms with Gasteiger partial charge in [0.2, 0.25) is 0 Å². The number of benzene rings is 2. The summed E-state index contributed by atoms with van der Waals surface area (Å²) in [5.74, 6) is 0.791. The Morgan fingerprint density at radius 2 is 1.90 bits per heavy atom. The van der Waals surface area contributed by atoms with Crippen LogP contribution in [0.2, 0.25) is 0 Å². The molecule has 1 heterocycles. The lowest BCUT2D eigenvalue weighted by atomic mass is 10.1. The first-order chi connectivity index (χ1) is 9.78. The van der Waals surface area contributed by atoms with E-state index < -0.39 is 0 Å². The SMILES string of the molecule is COc1cccc(-n2nncc2-c2ccc(Br)cc2)c1. The van der Waals surface area contributed by atoms with E-state index in [1.807, 2.05) is 48.5 Å². The number of aromatic nitrogens is 3. The Bertz CT molecular complexity index is 722. The lowest BCUT2D eigenvalue weighted by molar-refractivity contribution is 0.414. The molecule has 0 saturated carbocycles. The highest BCUT2D eigenvalue weighted by atomic mass is 79.9. The summed E-state index contributed by atoms with van der Waals surface area (Å²) in [5, 5.41) is 8.17. The Labute approximate surface area is 125 Å². The van der Waals surface area contributed by atoms with Gasteiger partial charge in [0.25, 0.3) is 0 Å². The topological polar surface area (TPSA) is 39.9 Å². The lowest BCUT2D eigenvalue weighted by Crippen LogP contribution is -1.99. The molecule has 0 aliphatic rings. The lowest BCUT2D eigenvalue weighted by Gasteiger charge is -2.08. The van der Waals surface area contributed by atoms with Gasteiger partial charge in [0.15, 0.2) is 0 Å². The molecule has 0 bridgehead atoms. The minimum Gasteiger partial charge on any atom is -0.497 e. The predicted octanol–water partition coefficient (Wildman–Crippen LogP) is 3.71. The van der Waals surface area contributed by atoms with Crippen LogP contribution in [-0.2, 0) is 0 Å². The molecule has 3 rings (SSSR count). The van der Waals surface area contributed by atoms with Crippen LogP contribution < -0.4 is 4.74 Å². The van der Waals surface area contributed by atoms with Gasteiger partial charge in [0, 0.05) is 16.1 Å². The molecule has 0 aliphatic carbocycles. The number of methoxy groups -OCH3 is 1. The van der Waals surface area contributed by atoms with Gasteiger partial charge < -0.3 is 4.74 Å². The average molecular weight is 330 g/mol. The van der Waals surface area contributed by atoms with E-state index in [4.69, 9.17) is 4.74 Å². The van der Waals surface area contributed by atoms with Crippen molar-refractivity contribution in [1.29, 1.82) is 0 Å². The van der Waals surface area contributed by atoms with Gasteiger partial charge in [-0.1, -0.05) is 39.3 Å². The number of rotatable bonds is 3. The van der Waals surface area contributed by atoms with Crippen molar-refractivity contribution in [3.63, 3.8) is 0 Å². The normalized spacial score (nSPS) is 10.5. The molecule has 4 nitrogen and oxygen atoms in total. The fourth-order valence-corrected chi connectivity index (χ4v) is 2.25. The van der Waals surface area contributed by atoms with Crippen molar-refractivity contribution in [3.05, 3.63) is 59.2 Å². The third kappa shape index (κ3) is 2.44. The molecule has 1 aromatic heterocycles. The van der Waals surface area contributed by atoms with Crippen molar-refractivity contribution in [2.24, 2.45) is 0 Å². The Morgan fingerprint density at radius 1 is 1.10 bits per heavy atom. The van der Waals surface area contributed by atoms with Gasteiger partial charge in [-0.15, -0.1) is 5.10 Å². The molecule has 0 fully saturated rings. The summed E-state index contributed by atoms with van der Waals surface area (Å²) in [5.41, 5.74) is 2.91. The Balaban J connectivity index is 2.07. The van der Waals surface area contributed by atoms with Gasteiger partial charge in [-0.2, -0.15) is 0 Å². The van der Waals surface area contributed by atoms with Gasteiger partial charge in [-0.25, -0.2) is 4.68 Å². The Hall–Kier alpha value is -2.14. The van der Waals surface area contributed by atoms with Crippen LogP contribution in [0, 0.1) is 0 Å². The summed E-state index contributed by atoms with van der Waals surface area (Å²) in [6.45, 7) is 0. The van der Waals surface area contributed by atoms with Crippen molar-refractivity contribution in [3.8, 4) is 22.7 Å². The highest BCUT2D eigenvalue weighted by Gasteiger charge is 2.09. The zero-order valence-electron chi connectivity index (χ0n) is 10.8. The summed E-state index contributed by atoms with van der Waals surface area (Å²) < 4.78 is 8.09. The molecule has 0 saturated heterocycles. The largest absolute Gasteiger partial charge is 0.497 e.